The summed E-state index contributed by atoms with van der Waals surface area (Å²) >= 11 is 6.68. The largest absolute Gasteiger partial charge is 0.295 e. The number of thiol groups is 1. The van der Waals surface area contributed by atoms with E-state index in [4.69, 9.17) is 12.6 Å². The SMILES string of the molecule is CC(=O)NC(=C(S)SCc1ccccc1)[P+](c1ccccc1)(c1ccccc1)c1ccccc1. The number of hydrogen-bond donors (Lipinski definition) is 2. The van der Waals surface area contributed by atoms with E-state index in [1.807, 2.05) is 36.4 Å². The Morgan fingerprint density at radius 3 is 1.47 bits per heavy atom. The van der Waals surface area contributed by atoms with Gasteiger partial charge in [-0.2, -0.15) is 0 Å². The molecule has 0 saturated carbocycles. The summed E-state index contributed by atoms with van der Waals surface area (Å²) < 4.78 is 0.823. The fourth-order valence-electron chi connectivity index (χ4n) is 4.03. The van der Waals surface area contributed by atoms with E-state index in [0.717, 1.165) is 15.4 Å². The normalized spacial score (nSPS) is 12.1. The lowest BCUT2D eigenvalue weighted by Gasteiger charge is -2.30. The van der Waals surface area contributed by atoms with Crippen LogP contribution in [0.3, 0.4) is 0 Å². The van der Waals surface area contributed by atoms with E-state index < -0.39 is 7.26 Å². The number of thioether (sulfide) groups is 1. The van der Waals surface area contributed by atoms with E-state index in [1.165, 1.54) is 21.5 Å². The van der Waals surface area contributed by atoms with Gasteiger partial charge in [0.05, 0.1) is 4.24 Å². The molecule has 1 amide bonds. The predicted molar refractivity (Wildman–Crippen MR) is 153 cm³/mol. The van der Waals surface area contributed by atoms with Crippen LogP contribution in [-0.4, -0.2) is 5.91 Å². The first kappa shape index (κ1) is 24.3. The van der Waals surface area contributed by atoms with Gasteiger partial charge in [-0.05, 0) is 42.0 Å². The minimum absolute atomic E-state index is 0.103. The summed E-state index contributed by atoms with van der Waals surface area (Å²) in [7, 11) is -2.44. The molecule has 4 aromatic rings. The van der Waals surface area contributed by atoms with Gasteiger partial charge in [-0.15, -0.1) is 24.4 Å². The van der Waals surface area contributed by atoms with Crippen LogP contribution in [0.25, 0.3) is 0 Å². The number of hydrogen-bond acceptors (Lipinski definition) is 3. The van der Waals surface area contributed by atoms with Crippen molar-refractivity contribution in [2.75, 3.05) is 0 Å². The first-order valence-corrected chi connectivity index (χ1v) is 14.3. The highest BCUT2D eigenvalue weighted by atomic mass is 32.2. The number of carbonyl (C=O) groups is 1. The van der Waals surface area contributed by atoms with Gasteiger partial charge in [-0.1, -0.05) is 84.9 Å². The zero-order valence-electron chi connectivity index (χ0n) is 19.0. The van der Waals surface area contributed by atoms with E-state index in [-0.39, 0.29) is 5.91 Å². The summed E-state index contributed by atoms with van der Waals surface area (Å²) in [4.78, 5) is 12.6. The van der Waals surface area contributed by atoms with Crippen molar-refractivity contribution in [3.8, 4) is 0 Å². The van der Waals surface area contributed by atoms with Crippen molar-refractivity contribution in [1.29, 1.82) is 0 Å². The summed E-state index contributed by atoms with van der Waals surface area (Å²) in [5.74, 6) is 0.662. The third-order valence-electron chi connectivity index (χ3n) is 5.48. The lowest BCUT2D eigenvalue weighted by molar-refractivity contribution is -0.118. The van der Waals surface area contributed by atoms with Crippen molar-refractivity contribution in [3.05, 3.63) is 137 Å². The van der Waals surface area contributed by atoms with Crippen LogP contribution >= 0.6 is 31.7 Å². The van der Waals surface area contributed by atoms with Crippen LogP contribution < -0.4 is 21.2 Å². The van der Waals surface area contributed by atoms with Gasteiger partial charge in [-0.25, -0.2) is 0 Å². The standard InChI is InChI=1S/C29H26NOPS2/c1-23(31)30-28(29(33)34-22-24-14-6-2-7-15-24)32(25-16-8-3-9-17-25,26-18-10-4-11-19-26)27-20-12-5-13-21-27/h2-21H,22H2,1H3,(H-,30,31,33)/p+1. The molecule has 2 nitrogen and oxygen atoms in total. The molecule has 4 rings (SSSR count). The van der Waals surface area contributed by atoms with Crippen molar-refractivity contribution in [2.24, 2.45) is 0 Å². The van der Waals surface area contributed by atoms with Gasteiger partial charge in [0.25, 0.3) is 0 Å². The van der Waals surface area contributed by atoms with Crippen LogP contribution in [0.4, 0.5) is 0 Å². The van der Waals surface area contributed by atoms with Crippen molar-refractivity contribution in [3.63, 3.8) is 0 Å². The van der Waals surface area contributed by atoms with E-state index in [9.17, 15) is 4.79 Å². The third kappa shape index (κ3) is 5.31. The molecule has 170 valence electrons. The Morgan fingerprint density at radius 1 is 0.706 bits per heavy atom. The summed E-state index contributed by atoms with van der Waals surface area (Å²) in [6.07, 6.45) is 0. The highest BCUT2D eigenvalue weighted by Gasteiger charge is 2.51. The average molecular weight is 501 g/mol. The van der Waals surface area contributed by atoms with Gasteiger partial charge in [0.2, 0.25) is 5.91 Å². The Hall–Kier alpha value is -2.78. The molecule has 5 heteroatoms. The molecule has 0 saturated heterocycles. The summed E-state index contributed by atoms with van der Waals surface area (Å²) in [5.41, 5.74) is 2.08. The molecule has 4 aromatic carbocycles. The Bertz CT molecular complexity index is 1150. The molecule has 0 aromatic heterocycles. The van der Waals surface area contributed by atoms with Gasteiger partial charge in [0.15, 0.2) is 12.7 Å². The maximum absolute atomic E-state index is 12.6. The quantitative estimate of drug-likeness (QED) is 0.226. The monoisotopic (exact) mass is 500 g/mol. The van der Waals surface area contributed by atoms with Crippen LogP contribution in [0.1, 0.15) is 12.5 Å². The van der Waals surface area contributed by atoms with Crippen LogP contribution in [-0.2, 0) is 10.5 Å². The first-order valence-electron chi connectivity index (χ1n) is 11.1. The molecular weight excluding hydrogens is 473 g/mol. The minimum atomic E-state index is -2.44. The third-order valence-corrected chi connectivity index (χ3v) is 11.6. The molecule has 0 radical (unpaired) electrons. The molecule has 0 bridgehead atoms. The Morgan fingerprint density at radius 2 is 1.09 bits per heavy atom. The second kappa shape index (κ2) is 11.6. The second-order valence-electron chi connectivity index (χ2n) is 7.79. The molecule has 0 aliphatic carbocycles. The van der Waals surface area contributed by atoms with Crippen molar-refractivity contribution in [2.45, 2.75) is 12.7 Å². The smallest absolute Gasteiger partial charge is 0.223 e. The second-order valence-corrected chi connectivity index (χ2v) is 12.9. The fraction of sp³-hybridized carbons (Fsp3) is 0.0690. The van der Waals surface area contributed by atoms with E-state index in [2.05, 4.69) is 90.2 Å². The highest BCUT2D eigenvalue weighted by Crippen LogP contribution is 2.63. The molecule has 0 spiro atoms. The number of nitrogens with one attached hydrogen (secondary N) is 1. The first-order chi connectivity index (χ1) is 16.6. The summed E-state index contributed by atoms with van der Waals surface area (Å²) in [5, 5.41) is 6.75. The maximum Gasteiger partial charge on any atom is 0.223 e. The highest BCUT2D eigenvalue weighted by molar-refractivity contribution is 8.16. The van der Waals surface area contributed by atoms with Gasteiger partial charge >= 0.3 is 0 Å². The Balaban J connectivity index is 2.00. The van der Waals surface area contributed by atoms with Gasteiger partial charge in [0, 0.05) is 12.7 Å². The molecular formula is C29H27NOPS2+. The summed E-state index contributed by atoms with van der Waals surface area (Å²) in [6, 6.07) is 41.8. The van der Waals surface area contributed by atoms with E-state index in [0.29, 0.717) is 0 Å². The molecule has 0 aliphatic heterocycles. The zero-order chi connectivity index (χ0) is 23.8. The van der Waals surface area contributed by atoms with E-state index >= 15 is 0 Å². The Labute approximate surface area is 212 Å². The van der Waals surface area contributed by atoms with Crippen LogP contribution in [0.5, 0.6) is 0 Å². The topological polar surface area (TPSA) is 29.1 Å². The number of rotatable bonds is 8. The Kier molecular flexibility index (Phi) is 8.29. The molecule has 0 atom stereocenters. The van der Waals surface area contributed by atoms with Crippen molar-refractivity contribution < 1.29 is 4.79 Å². The lowest BCUT2D eigenvalue weighted by atomic mass is 10.2. The average Bonchev–Trinajstić information content (AvgIpc) is 2.89. The molecule has 0 aliphatic rings. The molecule has 0 unspecified atom stereocenters. The zero-order valence-corrected chi connectivity index (χ0v) is 21.6. The van der Waals surface area contributed by atoms with Crippen molar-refractivity contribution in [1.82, 2.24) is 5.32 Å². The fourth-order valence-corrected chi connectivity index (χ4v) is 10.2. The van der Waals surface area contributed by atoms with Gasteiger partial charge < -0.3 is 0 Å². The van der Waals surface area contributed by atoms with Gasteiger partial charge in [-0.3, -0.25) is 10.1 Å². The van der Waals surface area contributed by atoms with Crippen LogP contribution in [0, 0.1) is 0 Å². The predicted octanol–water partition coefficient (Wildman–Crippen LogP) is 6.11. The van der Waals surface area contributed by atoms with E-state index in [1.54, 1.807) is 18.7 Å². The minimum Gasteiger partial charge on any atom is -0.295 e. The van der Waals surface area contributed by atoms with Gasteiger partial charge in [0.1, 0.15) is 15.9 Å². The molecule has 0 fully saturated rings. The summed E-state index contributed by atoms with van der Waals surface area (Å²) in [6.45, 7) is 1.57. The molecule has 0 heterocycles. The lowest BCUT2D eigenvalue weighted by Crippen LogP contribution is -2.38. The number of carbonyl (C=O) groups excluding carboxylic acids is 1. The van der Waals surface area contributed by atoms with Crippen LogP contribution in [0.15, 0.2) is 131 Å². The maximum atomic E-state index is 12.6. The van der Waals surface area contributed by atoms with Crippen LogP contribution in [0.2, 0.25) is 0 Å². The van der Waals surface area contributed by atoms with Crippen molar-refractivity contribution >= 4 is 53.5 Å². The molecule has 34 heavy (non-hydrogen) atoms. The molecule has 1 N–H and O–H groups in total. The number of amides is 1. The number of benzene rings is 4.